The Kier molecular flexibility index (Phi) is 3.80. The summed E-state index contributed by atoms with van der Waals surface area (Å²) in [5.74, 6) is -1.11. The number of benzene rings is 1. The Hall–Kier alpha value is -2.24. The van der Waals surface area contributed by atoms with Crippen molar-refractivity contribution in [1.82, 2.24) is 4.57 Å². The van der Waals surface area contributed by atoms with Crippen molar-refractivity contribution in [2.45, 2.75) is 26.6 Å². The van der Waals surface area contributed by atoms with Crippen molar-refractivity contribution in [1.29, 1.82) is 0 Å². The van der Waals surface area contributed by atoms with Gasteiger partial charge in [0.05, 0.1) is 5.56 Å². The summed E-state index contributed by atoms with van der Waals surface area (Å²) in [6, 6.07) is 6.94. The molecule has 1 aromatic carbocycles. The van der Waals surface area contributed by atoms with Crippen LogP contribution >= 0.6 is 0 Å². The Morgan fingerprint density at radius 1 is 1.24 bits per heavy atom. The van der Waals surface area contributed by atoms with E-state index in [2.05, 4.69) is 0 Å². The van der Waals surface area contributed by atoms with Crippen LogP contribution in [0.5, 0.6) is 0 Å². The largest absolute Gasteiger partial charge is 0.477 e. The first-order chi connectivity index (χ1) is 9.75. The topological polar surface area (TPSA) is 42.2 Å². The van der Waals surface area contributed by atoms with Crippen molar-refractivity contribution < 1.29 is 23.1 Å². The number of rotatable bonds is 3. The zero-order valence-electron chi connectivity index (χ0n) is 11.5. The summed E-state index contributed by atoms with van der Waals surface area (Å²) in [5, 5.41) is 9.08. The summed E-state index contributed by atoms with van der Waals surface area (Å²) in [6.45, 7) is 3.50. The number of carbonyl (C=O) groups is 1. The molecule has 2 aromatic rings. The van der Waals surface area contributed by atoms with E-state index in [1.807, 2.05) is 0 Å². The van der Waals surface area contributed by atoms with Gasteiger partial charge in [-0.05, 0) is 43.2 Å². The van der Waals surface area contributed by atoms with Gasteiger partial charge in [-0.2, -0.15) is 13.2 Å². The molecule has 6 heteroatoms. The van der Waals surface area contributed by atoms with Gasteiger partial charge in [-0.25, -0.2) is 4.79 Å². The Bertz CT molecular complexity index is 687. The number of nitrogens with zero attached hydrogens (tertiary/aromatic N) is 1. The van der Waals surface area contributed by atoms with Gasteiger partial charge >= 0.3 is 12.1 Å². The number of alkyl halides is 3. The van der Waals surface area contributed by atoms with Crippen LogP contribution in [0.2, 0.25) is 0 Å². The molecule has 0 spiro atoms. The second-order valence-corrected chi connectivity index (χ2v) is 4.68. The van der Waals surface area contributed by atoms with Gasteiger partial charge in [0.1, 0.15) is 5.69 Å². The number of aromatic carboxylic acids is 1. The number of aryl methyl sites for hydroxylation is 1. The second kappa shape index (κ2) is 5.27. The SMILES string of the molecule is CCn1c(C(=O)O)ccc1-c1ccc(C)c(C(F)(F)F)c1. The summed E-state index contributed by atoms with van der Waals surface area (Å²) >= 11 is 0. The molecule has 0 aliphatic heterocycles. The Morgan fingerprint density at radius 2 is 1.90 bits per heavy atom. The summed E-state index contributed by atoms with van der Waals surface area (Å²) in [6.07, 6.45) is -4.43. The molecular formula is C15H14F3NO2. The number of hydrogen-bond acceptors (Lipinski definition) is 1. The molecule has 1 heterocycles. The molecular weight excluding hydrogens is 283 g/mol. The zero-order chi connectivity index (χ0) is 15.8. The highest BCUT2D eigenvalue weighted by Crippen LogP contribution is 2.35. The molecule has 0 saturated carbocycles. The number of aromatic nitrogens is 1. The van der Waals surface area contributed by atoms with Crippen LogP contribution in [0.4, 0.5) is 13.2 Å². The molecule has 0 unspecified atom stereocenters. The average Bonchev–Trinajstić information content (AvgIpc) is 2.81. The third-order valence-corrected chi connectivity index (χ3v) is 3.35. The summed E-state index contributed by atoms with van der Waals surface area (Å²) in [7, 11) is 0. The highest BCUT2D eigenvalue weighted by molar-refractivity contribution is 5.87. The molecule has 0 fully saturated rings. The van der Waals surface area contributed by atoms with Gasteiger partial charge in [-0.1, -0.05) is 12.1 Å². The molecule has 0 atom stereocenters. The molecule has 0 radical (unpaired) electrons. The van der Waals surface area contributed by atoms with Crippen LogP contribution in [0.3, 0.4) is 0 Å². The van der Waals surface area contributed by atoms with E-state index in [0.29, 0.717) is 17.8 Å². The number of carboxylic acids is 1. The molecule has 3 nitrogen and oxygen atoms in total. The van der Waals surface area contributed by atoms with Gasteiger partial charge in [0.2, 0.25) is 0 Å². The van der Waals surface area contributed by atoms with Crippen LogP contribution in [0.1, 0.15) is 28.5 Å². The maximum Gasteiger partial charge on any atom is 0.416 e. The van der Waals surface area contributed by atoms with E-state index in [4.69, 9.17) is 5.11 Å². The molecule has 0 aliphatic rings. The van der Waals surface area contributed by atoms with Crippen LogP contribution in [-0.4, -0.2) is 15.6 Å². The Morgan fingerprint density at radius 3 is 2.43 bits per heavy atom. The van der Waals surface area contributed by atoms with Crippen molar-refractivity contribution in [2.24, 2.45) is 0 Å². The molecule has 0 saturated heterocycles. The summed E-state index contributed by atoms with van der Waals surface area (Å²) in [5.41, 5.74) is 0.296. The molecule has 1 aromatic heterocycles. The third kappa shape index (κ3) is 2.79. The normalized spacial score (nSPS) is 11.7. The summed E-state index contributed by atoms with van der Waals surface area (Å²) in [4.78, 5) is 11.1. The standard InChI is InChI=1S/C15H14F3NO2/c1-3-19-12(6-7-13(19)14(20)21)10-5-4-9(2)11(8-10)15(16,17)18/h4-8H,3H2,1-2H3,(H,20,21). The highest BCUT2D eigenvalue weighted by atomic mass is 19.4. The van der Waals surface area contributed by atoms with Gasteiger partial charge < -0.3 is 9.67 Å². The minimum Gasteiger partial charge on any atom is -0.477 e. The first-order valence-corrected chi connectivity index (χ1v) is 6.36. The highest BCUT2D eigenvalue weighted by Gasteiger charge is 2.32. The predicted molar refractivity (Wildman–Crippen MR) is 72.2 cm³/mol. The minimum absolute atomic E-state index is 0.0571. The Labute approximate surface area is 119 Å². The number of carboxylic acid groups (broad SMARTS) is 1. The van der Waals surface area contributed by atoms with Gasteiger partial charge in [0.15, 0.2) is 0 Å². The summed E-state index contributed by atoms with van der Waals surface area (Å²) < 4.78 is 40.4. The van der Waals surface area contributed by atoms with Crippen molar-refractivity contribution in [2.75, 3.05) is 0 Å². The van der Waals surface area contributed by atoms with E-state index in [1.54, 1.807) is 13.0 Å². The number of hydrogen-bond donors (Lipinski definition) is 1. The van der Waals surface area contributed by atoms with Crippen LogP contribution in [0.15, 0.2) is 30.3 Å². The van der Waals surface area contributed by atoms with Crippen molar-refractivity contribution >= 4 is 5.97 Å². The maximum absolute atomic E-state index is 13.0. The lowest BCUT2D eigenvalue weighted by atomic mass is 10.0. The van der Waals surface area contributed by atoms with Crippen molar-refractivity contribution in [3.8, 4) is 11.3 Å². The first-order valence-electron chi connectivity index (χ1n) is 6.36. The van der Waals surface area contributed by atoms with Crippen LogP contribution in [0, 0.1) is 6.92 Å². The van der Waals surface area contributed by atoms with Crippen LogP contribution < -0.4 is 0 Å². The van der Waals surface area contributed by atoms with E-state index >= 15 is 0 Å². The lowest BCUT2D eigenvalue weighted by molar-refractivity contribution is -0.138. The number of halogens is 3. The van der Waals surface area contributed by atoms with Gasteiger partial charge in [0, 0.05) is 12.2 Å². The maximum atomic E-state index is 13.0. The van der Waals surface area contributed by atoms with Crippen molar-refractivity contribution in [3.63, 3.8) is 0 Å². The molecule has 112 valence electrons. The predicted octanol–water partition coefficient (Wildman–Crippen LogP) is 4.20. The molecule has 0 bridgehead atoms. The van der Waals surface area contributed by atoms with Gasteiger partial charge in [0.25, 0.3) is 0 Å². The lowest BCUT2D eigenvalue weighted by Crippen LogP contribution is -2.10. The van der Waals surface area contributed by atoms with E-state index < -0.39 is 17.7 Å². The zero-order valence-corrected chi connectivity index (χ0v) is 11.5. The molecule has 0 amide bonds. The minimum atomic E-state index is -4.43. The van der Waals surface area contributed by atoms with E-state index in [-0.39, 0.29) is 11.3 Å². The van der Waals surface area contributed by atoms with Crippen LogP contribution in [-0.2, 0) is 12.7 Å². The van der Waals surface area contributed by atoms with Crippen molar-refractivity contribution in [3.05, 3.63) is 47.2 Å². The lowest BCUT2D eigenvalue weighted by Gasteiger charge is -2.14. The van der Waals surface area contributed by atoms with Gasteiger partial charge in [-0.15, -0.1) is 0 Å². The van der Waals surface area contributed by atoms with E-state index in [1.165, 1.54) is 29.7 Å². The quantitative estimate of drug-likeness (QED) is 0.922. The van der Waals surface area contributed by atoms with E-state index in [0.717, 1.165) is 6.07 Å². The molecule has 21 heavy (non-hydrogen) atoms. The fourth-order valence-corrected chi connectivity index (χ4v) is 2.33. The first kappa shape index (κ1) is 15.2. The molecule has 2 rings (SSSR count). The fourth-order valence-electron chi connectivity index (χ4n) is 2.33. The monoisotopic (exact) mass is 297 g/mol. The fraction of sp³-hybridized carbons (Fsp3) is 0.267. The van der Waals surface area contributed by atoms with E-state index in [9.17, 15) is 18.0 Å². The molecule has 1 N–H and O–H groups in total. The second-order valence-electron chi connectivity index (χ2n) is 4.68. The third-order valence-electron chi connectivity index (χ3n) is 3.35. The molecule has 0 aliphatic carbocycles. The van der Waals surface area contributed by atoms with Gasteiger partial charge in [-0.3, -0.25) is 0 Å². The van der Waals surface area contributed by atoms with Crippen LogP contribution in [0.25, 0.3) is 11.3 Å². The Balaban J connectivity index is 2.61. The average molecular weight is 297 g/mol. The smallest absolute Gasteiger partial charge is 0.416 e.